The Labute approximate surface area is 131 Å². The molecule has 0 unspecified atom stereocenters. The van der Waals surface area contributed by atoms with E-state index in [1.807, 2.05) is 0 Å². The summed E-state index contributed by atoms with van der Waals surface area (Å²) in [6, 6.07) is 7.00. The third kappa shape index (κ3) is 5.06. The highest BCUT2D eigenvalue weighted by molar-refractivity contribution is 5.92. The lowest BCUT2D eigenvalue weighted by molar-refractivity contribution is -0.129. The highest BCUT2D eigenvalue weighted by atomic mass is 16.5. The van der Waals surface area contributed by atoms with Gasteiger partial charge in [0.2, 0.25) is 0 Å². The second kappa shape index (κ2) is 7.29. The Morgan fingerprint density at radius 2 is 1.82 bits per heavy atom. The third-order valence-electron chi connectivity index (χ3n) is 3.25. The Morgan fingerprint density at radius 1 is 1.18 bits per heavy atom. The van der Waals surface area contributed by atoms with Crippen molar-refractivity contribution >= 4 is 11.9 Å². The van der Waals surface area contributed by atoms with Crippen LogP contribution in [0.15, 0.2) is 24.3 Å². The van der Waals surface area contributed by atoms with Crippen LogP contribution in [0, 0.1) is 5.92 Å². The number of nitrogens with one attached hydrogen (secondary N) is 1. The van der Waals surface area contributed by atoms with Crippen molar-refractivity contribution in [3.05, 3.63) is 29.8 Å². The zero-order chi connectivity index (χ0) is 16.1. The first-order valence-corrected chi connectivity index (χ1v) is 7.70. The molecule has 0 aromatic heterocycles. The van der Waals surface area contributed by atoms with Crippen LogP contribution in [0.3, 0.4) is 0 Å². The van der Waals surface area contributed by atoms with Crippen molar-refractivity contribution in [3.63, 3.8) is 0 Å². The maximum atomic E-state index is 12.0. The number of hydrogen-bond acceptors (Lipinski definition) is 4. The molecule has 22 heavy (non-hydrogen) atoms. The van der Waals surface area contributed by atoms with Gasteiger partial charge >= 0.3 is 5.97 Å². The van der Waals surface area contributed by atoms with Crippen LogP contribution >= 0.6 is 0 Å². The van der Waals surface area contributed by atoms with Gasteiger partial charge in [-0.15, -0.1) is 0 Å². The van der Waals surface area contributed by atoms with E-state index in [0.29, 0.717) is 23.8 Å². The highest BCUT2D eigenvalue weighted by Gasteiger charge is 2.27. The molecule has 1 N–H and O–H groups in total. The number of esters is 1. The first-order valence-electron chi connectivity index (χ1n) is 7.70. The molecule has 1 aliphatic carbocycles. The lowest BCUT2D eigenvalue weighted by Crippen LogP contribution is -2.37. The fourth-order valence-corrected chi connectivity index (χ4v) is 1.78. The van der Waals surface area contributed by atoms with Crippen molar-refractivity contribution in [2.45, 2.75) is 45.8 Å². The Bertz CT molecular complexity index is 520. The molecule has 1 aromatic carbocycles. The summed E-state index contributed by atoms with van der Waals surface area (Å²) in [5.74, 6) is 0.404. The average molecular weight is 305 g/mol. The molecule has 5 heteroatoms. The van der Waals surface area contributed by atoms with E-state index in [4.69, 9.17) is 9.47 Å². The van der Waals surface area contributed by atoms with Gasteiger partial charge in [-0.05, 0) is 49.9 Å². The van der Waals surface area contributed by atoms with Gasteiger partial charge in [-0.3, -0.25) is 4.79 Å². The van der Waals surface area contributed by atoms with Crippen LogP contribution in [0.25, 0.3) is 0 Å². The van der Waals surface area contributed by atoms with Crippen molar-refractivity contribution in [2.24, 2.45) is 5.92 Å². The maximum absolute atomic E-state index is 12.0. The quantitative estimate of drug-likeness (QED) is 0.786. The Balaban J connectivity index is 1.84. The number of carbonyl (C=O) groups is 2. The predicted octanol–water partition coefficient (Wildman–Crippen LogP) is 2.55. The number of ether oxygens (including phenoxy) is 2. The van der Waals surface area contributed by atoms with Crippen LogP contribution in [0.1, 0.15) is 44.0 Å². The summed E-state index contributed by atoms with van der Waals surface area (Å²) < 4.78 is 10.7. The lowest BCUT2D eigenvalue weighted by Gasteiger charge is -2.13. The van der Waals surface area contributed by atoms with Gasteiger partial charge in [-0.1, -0.05) is 13.8 Å². The van der Waals surface area contributed by atoms with Crippen LogP contribution in [-0.4, -0.2) is 30.6 Å². The van der Waals surface area contributed by atoms with E-state index in [2.05, 4.69) is 19.2 Å². The van der Waals surface area contributed by atoms with E-state index < -0.39 is 12.1 Å². The largest absolute Gasteiger partial charge is 0.493 e. The molecule has 1 aromatic rings. The van der Waals surface area contributed by atoms with Gasteiger partial charge in [-0.2, -0.15) is 0 Å². The van der Waals surface area contributed by atoms with Gasteiger partial charge in [0.1, 0.15) is 5.75 Å². The van der Waals surface area contributed by atoms with Gasteiger partial charge < -0.3 is 14.8 Å². The average Bonchev–Trinajstić information content (AvgIpc) is 3.29. The highest BCUT2D eigenvalue weighted by Crippen LogP contribution is 2.19. The molecule has 2 rings (SSSR count). The van der Waals surface area contributed by atoms with Gasteiger partial charge in [0.25, 0.3) is 5.91 Å². The van der Waals surface area contributed by atoms with Gasteiger partial charge in [-0.25, -0.2) is 4.79 Å². The fourth-order valence-electron chi connectivity index (χ4n) is 1.78. The van der Waals surface area contributed by atoms with Crippen molar-refractivity contribution in [1.82, 2.24) is 5.32 Å². The van der Waals surface area contributed by atoms with Gasteiger partial charge in [0.05, 0.1) is 12.2 Å². The molecular weight excluding hydrogens is 282 g/mol. The van der Waals surface area contributed by atoms with Gasteiger partial charge in [0, 0.05) is 6.04 Å². The van der Waals surface area contributed by atoms with E-state index in [9.17, 15) is 9.59 Å². The molecular formula is C17H23NO4. The van der Waals surface area contributed by atoms with Gasteiger partial charge in [0.15, 0.2) is 6.10 Å². The molecule has 1 fully saturated rings. The molecule has 1 amide bonds. The molecule has 1 saturated carbocycles. The molecule has 120 valence electrons. The van der Waals surface area contributed by atoms with E-state index in [-0.39, 0.29) is 11.9 Å². The molecule has 1 atom stereocenters. The Hall–Kier alpha value is -2.04. The molecule has 0 aliphatic heterocycles. The van der Waals surface area contributed by atoms with E-state index in [1.165, 1.54) is 0 Å². The summed E-state index contributed by atoms with van der Waals surface area (Å²) >= 11 is 0. The Kier molecular flexibility index (Phi) is 5.41. The minimum absolute atomic E-state index is 0.243. The molecule has 0 saturated heterocycles. The third-order valence-corrected chi connectivity index (χ3v) is 3.25. The standard InChI is InChI=1S/C17H23NO4/c1-11(2)10-21-15-8-4-13(5-9-15)17(20)22-12(3)16(19)18-14-6-7-14/h4-5,8-9,11-12,14H,6-7,10H2,1-3H3,(H,18,19)/t12-/m1/s1. The van der Waals surface area contributed by atoms with E-state index >= 15 is 0 Å². The molecule has 0 bridgehead atoms. The lowest BCUT2D eigenvalue weighted by atomic mass is 10.2. The van der Waals surface area contributed by atoms with Crippen molar-refractivity contribution < 1.29 is 19.1 Å². The molecule has 0 heterocycles. The minimum Gasteiger partial charge on any atom is -0.493 e. The zero-order valence-corrected chi connectivity index (χ0v) is 13.3. The van der Waals surface area contributed by atoms with Crippen molar-refractivity contribution in [3.8, 4) is 5.75 Å². The smallest absolute Gasteiger partial charge is 0.338 e. The fraction of sp³-hybridized carbons (Fsp3) is 0.529. The van der Waals surface area contributed by atoms with Crippen LogP contribution in [0.2, 0.25) is 0 Å². The summed E-state index contributed by atoms with van der Waals surface area (Å²) in [6.07, 6.45) is 1.22. The molecule has 0 spiro atoms. The summed E-state index contributed by atoms with van der Waals surface area (Å²) in [6.45, 7) is 6.34. The number of benzene rings is 1. The first kappa shape index (κ1) is 16.3. The molecule has 1 aliphatic rings. The van der Waals surface area contributed by atoms with E-state index in [0.717, 1.165) is 12.8 Å². The van der Waals surface area contributed by atoms with Crippen LogP contribution in [0.4, 0.5) is 0 Å². The van der Waals surface area contributed by atoms with Crippen molar-refractivity contribution in [1.29, 1.82) is 0 Å². The molecule has 0 radical (unpaired) electrons. The van der Waals surface area contributed by atoms with Crippen LogP contribution < -0.4 is 10.1 Å². The Morgan fingerprint density at radius 3 is 2.36 bits per heavy atom. The second-order valence-corrected chi connectivity index (χ2v) is 6.06. The van der Waals surface area contributed by atoms with Crippen LogP contribution in [0.5, 0.6) is 5.75 Å². The minimum atomic E-state index is -0.787. The normalized spacial score (nSPS) is 15.3. The maximum Gasteiger partial charge on any atom is 0.338 e. The summed E-state index contributed by atoms with van der Waals surface area (Å²) in [4.78, 5) is 23.8. The number of carbonyl (C=O) groups excluding carboxylic acids is 2. The van der Waals surface area contributed by atoms with Crippen LogP contribution in [-0.2, 0) is 9.53 Å². The SMILES string of the molecule is CC(C)COc1ccc(C(=O)O[C@H](C)C(=O)NC2CC2)cc1. The predicted molar refractivity (Wildman–Crippen MR) is 82.8 cm³/mol. The summed E-state index contributed by atoms with van der Waals surface area (Å²) in [5.41, 5.74) is 0.406. The molecule has 5 nitrogen and oxygen atoms in total. The monoisotopic (exact) mass is 305 g/mol. The second-order valence-electron chi connectivity index (χ2n) is 6.06. The van der Waals surface area contributed by atoms with E-state index in [1.54, 1.807) is 31.2 Å². The van der Waals surface area contributed by atoms with Crippen molar-refractivity contribution in [2.75, 3.05) is 6.61 Å². The summed E-state index contributed by atoms with van der Waals surface area (Å²) in [7, 11) is 0. The topological polar surface area (TPSA) is 64.6 Å². The zero-order valence-electron chi connectivity index (χ0n) is 13.3. The number of rotatable bonds is 7. The summed E-state index contributed by atoms with van der Waals surface area (Å²) in [5, 5.41) is 2.81. The number of amides is 1. The number of hydrogen-bond donors (Lipinski definition) is 1. The first-order chi connectivity index (χ1) is 10.5.